The molecule has 0 aliphatic carbocycles. The van der Waals surface area contributed by atoms with Gasteiger partial charge in [-0.15, -0.1) is 0 Å². The lowest BCUT2D eigenvalue weighted by molar-refractivity contribution is -0.137. The third-order valence-corrected chi connectivity index (χ3v) is 2.10. The van der Waals surface area contributed by atoms with Gasteiger partial charge in [-0.05, 0) is 12.8 Å². The van der Waals surface area contributed by atoms with Gasteiger partial charge < -0.3 is 15.7 Å². The van der Waals surface area contributed by atoms with Gasteiger partial charge >= 0.3 is 5.97 Å². The molecule has 1 heterocycles. The van der Waals surface area contributed by atoms with E-state index in [0.29, 0.717) is 6.54 Å². The van der Waals surface area contributed by atoms with Crippen LogP contribution in [0.3, 0.4) is 0 Å². The Kier molecular flexibility index (Phi) is 2.52. The monoisotopic (exact) mass is 171 g/mol. The molecule has 5 heteroatoms. The Labute approximate surface area is 70.7 Å². The molecule has 1 rings (SSSR count). The molecule has 4 N–H and O–H groups in total. The first kappa shape index (κ1) is 8.83. The summed E-state index contributed by atoms with van der Waals surface area (Å²) in [6, 6.07) is -0.0694. The Bertz CT molecular complexity index is 205. The van der Waals surface area contributed by atoms with Gasteiger partial charge in [-0.1, -0.05) is 0 Å². The predicted octanol–water partition coefficient (Wildman–Crippen LogP) is -0.181. The van der Waals surface area contributed by atoms with Gasteiger partial charge in [-0.25, -0.2) is 0 Å². The van der Waals surface area contributed by atoms with Crippen LogP contribution in [0.2, 0.25) is 0 Å². The van der Waals surface area contributed by atoms with E-state index in [-0.39, 0.29) is 18.4 Å². The molecule has 0 aromatic rings. The van der Waals surface area contributed by atoms with Gasteiger partial charge in [0.25, 0.3) is 0 Å². The zero-order valence-corrected chi connectivity index (χ0v) is 6.79. The number of carbonyl (C=O) groups is 1. The van der Waals surface area contributed by atoms with Gasteiger partial charge in [-0.2, -0.15) is 0 Å². The normalized spacial score (nSPS) is 22.7. The number of nitrogens with one attached hydrogen (secondary N) is 1. The quantitative estimate of drug-likeness (QED) is 0.397. The molecule has 0 bridgehead atoms. The van der Waals surface area contributed by atoms with Crippen molar-refractivity contribution in [3.05, 3.63) is 0 Å². The van der Waals surface area contributed by atoms with Crippen molar-refractivity contribution in [1.82, 2.24) is 4.90 Å². The number of rotatable bonds is 2. The van der Waals surface area contributed by atoms with Crippen molar-refractivity contribution in [2.45, 2.75) is 25.3 Å². The Morgan fingerprint density at radius 3 is 2.92 bits per heavy atom. The van der Waals surface area contributed by atoms with Crippen LogP contribution in [0.5, 0.6) is 0 Å². The van der Waals surface area contributed by atoms with Gasteiger partial charge in [0.05, 0.1) is 6.42 Å². The van der Waals surface area contributed by atoms with Crippen molar-refractivity contribution in [1.29, 1.82) is 5.41 Å². The number of hydrogen-bond acceptors (Lipinski definition) is 2. The molecule has 68 valence electrons. The van der Waals surface area contributed by atoms with Gasteiger partial charge in [0.1, 0.15) is 0 Å². The summed E-state index contributed by atoms with van der Waals surface area (Å²) < 4.78 is 0. The van der Waals surface area contributed by atoms with Crippen LogP contribution in [0.4, 0.5) is 0 Å². The maximum absolute atomic E-state index is 10.4. The van der Waals surface area contributed by atoms with Crippen molar-refractivity contribution in [2.24, 2.45) is 5.73 Å². The lowest BCUT2D eigenvalue weighted by Gasteiger charge is -2.22. The molecule has 1 fully saturated rings. The summed E-state index contributed by atoms with van der Waals surface area (Å²) in [5.41, 5.74) is 5.28. The zero-order valence-electron chi connectivity index (χ0n) is 6.79. The molecular weight excluding hydrogens is 158 g/mol. The highest BCUT2D eigenvalue weighted by Crippen LogP contribution is 2.18. The lowest BCUT2D eigenvalue weighted by atomic mass is 10.1. The van der Waals surface area contributed by atoms with E-state index in [1.807, 2.05) is 0 Å². The van der Waals surface area contributed by atoms with E-state index in [2.05, 4.69) is 0 Å². The fraction of sp³-hybridized carbons (Fsp3) is 0.714. The van der Waals surface area contributed by atoms with E-state index in [1.165, 1.54) is 0 Å². The predicted molar refractivity (Wildman–Crippen MR) is 43.9 cm³/mol. The summed E-state index contributed by atoms with van der Waals surface area (Å²) >= 11 is 0. The third kappa shape index (κ3) is 1.87. The van der Waals surface area contributed by atoms with Crippen molar-refractivity contribution in [3.8, 4) is 0 Å². The van der Waals surface area contributed by atoms with Crippen LogP contribution in [-0.4, -0.2) is 34.5 Å². The first-order chi connectivity index (χ1) is 5.61. The fourth-order valence-corrected chi connectivity index (χ4v) is 1.57. The number of carboxylic acid groups (broad SMARTS) is 1. The number of guanidine groups is 1. The molecular formula is C7H13N3O2. The van der Waals surface area contributed by atoms with Gasteiger partial charge in [0.15, 0.2) is 5.96 Å². The lowest BCUT2D eigenvalue weighted by Crippen LogP contribution is -2.40. The van der Waals surface area contributed by atoms with Crippen molar-refractivity contribution >= 4 is 11.9 Å². The Hall–Kier alpha value is -1.26. The van der Waals surface area contributed by atoms with E-state index < -0.39 is 5.97 Å². The molecule has 1 atom stereocenters. The molecule has 0 unspecified atom stereocenters. The van der Waals surface area contributed by atoms with Crippen molar-refractivity contribution < 1.29 is 9.90 Å². The summed E-state index contributed by atoms with van der Waals surface area (Å²) in [4.78, 5) is 12.0. The average Bonchev–Trinajstić information content (AvgIpc) is 2.33. The highest BCUT2D eigenvalue weighted by Gasteiger charge is 2.27. The minimum atomic E-state index is -0.826. The van der Waals surface area contributed by atoms with E-state index in [0.717, 1.165) is 12.8 Å². The molecule has 0 radical (unpaired) electrons. The molecule has 1 saturated heterocycles. The topological polar surface area (TPSA) is 90.4 Å². The van der Waals surface area contributed by atoms with Crippen molar-refractivity contribution in [2.75, 3.05) is 6.54 Å². The van der Waals surface area contributed by atoms with Gasteiger partial charge in [0.2, 0.25) is 0 Å². The smallest absolute Gasteiger partial charge is 0.305 e. The van der Waals surface area contributed by atoms with Crippen LogP contribution in [0.1, 0.15) is 19.3 Å². The van der Waals surface area contributed by atoms with E-state index in [4.69, 9.17) is 16.2 Å². The third-order valence-electron chi connectivity index (χ3n) is 2.10. The maximum atomic E-state index is 10.4. The van der Waals surface area contributed by atoms with Gasteiger partial charge in [0, 0.05) is 12.6 Å². The summed E-state index contributed by atoms with van der Waals surface area (Å²) in [5, 5.41) is 15.7. The average molecular weight is 171 g/mol. The van der Waals surface area contributed by atoms with Crippen molar-refractivity contribution in [3.63, 3.8) is 0 Å². The first-order valence-corrected chi connectivity index (χ1v) is 3.93. The molecule has 0 aromatic heterocycles. The molecule has 0 amide bonds. The van der Waals surface area contributed by atoms with Crippen LogP contribution >= 0.6 is 0 Å². The maximum Gasteiger partial charge on any atom is 0.305 e. The van der Waals surface area contributed by atoms with Crippen LogP contribution in [0, 0.1) is 5.41 Å². The first-order valence-electron chi connectivity index (χ1n) is 3.93. The van der Waals surface area contributed by atoms with E-state index in [9.17, 15) is 4.79 Å². The molecule has 0 spiro atoms. The molecule has 1 aliphatic rings. The highest BCUT2D eigenvalue weighted by atomic mass is 16.4. The second-order valence-electron chi connectivity index (χ2n) is 2.97. The Morgan fingerprint density at radius 2 is 2.42 bits per heavy atom. The van der Waals surface area contributed by atoms with E-state index in [1.54, 1.807) is 4.90 Å². The molecule has 5 nitrogen and oxygen atoms in total. The number of aliphatic carboxylic acids is 1. The largest absolute Gasteiger partial charge is 0.481 e. The Balaban J connectivity index is 2.52. The summed E-state index contributed by atoms with van der Waals surface area (Å²) in [7, 11) is 0. The van der Waals surface area contributed by atoms with Gasteiger partial charge in [-0.3, -0.25) is 10.2 Å². The molecule has 0 saturated carbocycles. The number of nitrogens with zero attached hydrogens (tertiary/aromatic N) is 1. The van der Waals surface area contributed by atoms with Crippen LogP contribution in [0.15, 0.2) is 0 Å². The molecule has 12 heavy (non-hydrogen) atoms. The SMILES string of the molecule is N=C(N)N1CCC[C@@H]1CC(=O)O. The molecule has 1 aliphatic heterocycles. The van der Waals surface area contributed by atoms with Crippen LogP contribution in [-0.2, 0) is 4.79 Å². The summed E-state index contributed by atoms with van der Waals surface area (Å²) in [5.74, 6) is -0.841. The summed E-state index contributed by atoms with van der Waals surface area (Å²) in [6.45, 7) is 0.716. The zero-order chi connectivity index (χ0) is 9.14. The van der Waals surface area contributed by atoms with Crippen LogP contribution < -0.4 is 5.73 Å². The number of hydrogen-bond donors (Lipinski definition) is 3. The minimum Gasteiger partial charge on any atom is -0.481 e. The van der Waals surface area contributed by atoms with Crippen LogP contribution in [0.25, 0.3) is 0 Å². The number of carboxylic acids is 1. The second-order valence-corrected chi connectivity index (χ2v) is 2.97. The fourth-order valence-electron chi connectivity index (χ4n) is 1.57. The highest BCUT2D eigenvalue weighted by molar-refractivity contribution is 5.76. The summed E-state index contributed by atoms with van der Waals surface area (Å²) in [6.07, 6.45) is 1.84. The number of likely N-dealkylation sites (tertiary alicyclic amines) is 1. The molecule has 0 aromatic carbocycles. The Morgan fingerprint density at radius 1 is 1.75 bits per heavy atom. The standard InChI is InChI=1S/C7H13N3O2/c8-7(9)10-3-1-2-5(10)4-6(11)12/h5H,1-4H2,(H3,8,9)(H,11,12)/t5-/m1/s1. The second kappa shape index (κ2) is 3.42. The minimum absolute atomic E-state index is 0.0150. The van der Waals surface area contributed by atoms with E-state index >= 15 is 0 Å². The number of nitrogens with two attached hydrogens (primary N) is 1.